The van der Waals surface area contributed by atoms with Crippen LogP contribution >= 0.6 is 0 Å². The molecule has 0 aromatic heterocycles. The molecule has 1 amide bonds. The van der Waals surface area contributed by atoms with E-state index in [1.807, 2.05) is 0 Å². The minimum Gasteiger partial charge on any atom is -0.508 e. The van der Waals surface area contributed by atoms with Gasteiger partial charge in [0, 0.05) is 0 Å². The molecule has 0 bridgehead atoms. The van der Waals surface area contributed by atoms with Gasteiger partial charge in [-0.3, -0.25) is 14.9 Å². The Labute approximate surface area is 122 Å². The zero-order chi connectivity index (χ0) is 15.4. The first kappa shape index (κ1) is 15.2. The number of phenolic OH excluding ortho intramolecular Hbond substituents is 1. The van der Waals surface area contributed by atoms with Crippen molar-refractivity contribution in [3.8, 4) is 5.75 Å². The third-order valence-corrected chi connectivity index (χ3v) is 3.84. The van der Waals surface area contributed by atoms with Crippen molar-refractivity contribution in [2.75, 3.05) is 11.9 Å². The molecule has 1 aromatic carbocycles. The van der Waals surface area contributed by atoms with Crippen LogP contribution in [0, 0.1) is 16.0 Å². The smallest absolute Gasteiger partial charge is 0.296 e. The van der Waals surface area contributed by atoms with E-state index in [2.05, 4.69) is 17.6 Å². The van der Waals surface area contributed by atoms with Gasteiger partial charge in [-0.25, -0.2) is 0 Å². The summed E-state index contributed by atoms with van der Waals surface area (Å²) in [4.78, 5) is 22.6. The molecule has 1 saturated heterocycles. The lowest BCUT2D eigenvalue weighted by atomic mass is 9.90. The number of carbonyl (C=O) groups excluding carboxylic acids is 1. The Morgan fingerprint density at radius 2 is 2.33 bits per heavy atom. The minimum atomic E-state index is -0.627. The maximum atomic E-state index is 12.2. The Balaban J connectivity index is 2.11. The molecule has 1 heterocycles. The number of nitro benzene ring substituents is 1. The molecule has 0 saturated carbocycles. The highest BCUT2D eigenvalue weighted by Crippen LogP contribution is 2.29. The molecule has 0 radical (unpaired) electrons. The number of hydrogen-bond donors (Lipinski definition) is 3. The van der Waals surface area contributed by atoms with Crippen LogP contribution in [0.1, 0.15) is 26.2 Å². The SMILES string of the molecule is CCC1CCNC(C(=O)Nc2ccc(O)cc2[N+](=O)[O-])C1. The van der Waals surface area contributed by atoms with Crippen LogP contribution < -0.4 is 10.6 Å². The van der Waals surface area contributed by atoms with E-state index in [1.54, 1.807) is 0 Å². The summed E-state index contributed by atoms with van der Waals surface area (Å²) < 4.78 is 0. The molecular formula is C14H19N3O4. The summed E-state index contributed by atoms with van der Waals surface area (Å²) in [5, 5.41) is 26.0. The van der Waals surface area contributed by atoms with E-state index >= 15 is 0 Å². The Morgan fingerprint density at radius 3 is 3.00 bits per heavy atom. The van der Waals surface area contributed by atoms with Gasteiger partial charge in [-0.05, 0) is 37.4 Å². The normalized spacial score (nSPS) is 21.8. The quantitative estimate of drug-likeness (QED) is 0.447. The topological polar surface area (TPSA) is 104 Å². The number of phenols is 1. The summed E-state index contributed by atoms with van der Waals surface area (Å²) in [7, 11) is 0. The van der Waals surface area contributed by atoms with E-state index in [1.165, 1.54) is 12.1 Å². The van der Waals surface area contributed by atoms with Gasteiger partial charge in [-0.1, -0.05) is 13.3 Å². The highest BCUT2D eigenvalue weighted by atomic mass is 16.6. The van der Waals surface area contributed by atoms with Crippen molar-refractivity contribution in [3.63, 3.8) is 0 Å². The van der Waals surface area contributed by atoms with E-state index in [0.29, 0.717) is 5.92 Å². The van der Waals surface area contributed by atoms with Crippen molar-refractivity contribution in [2.24, 2.45) is 5.92 Å². The number of rotatable bonds is 4. The molecule has 0 spiro atoms. The summed E-state index contributed by atoms with van der Waals surface area (Å²) in [6.07, 6.45) is 2.79. The molecule has 21 heavy (non-hydrogen) atoms. The lowest BCUT2D eigenvalue weighted by Gasteiger charge is -2.28. The van der Waals surface area contributed by atoms with Crippen molar-refractivity contribution in [1.82, 2.24) is 5.32 Å². The van der Waals surface area contributed by atoms with Gasteiger partial charge in [0.1, 0.15) is 11.4 Å². The number of nitrogens with zero attached hydrogens (tertiary/aromatic N) is 1. The minimum absolute atomic E-state index is 0.100. The molecule has 2 rings (SSSR count). The van der Waals surface area contributed by atoms with Gasteiger partial charge >= 0.3 is 0 Å². The molecule has 1 aromatic rings. The van der Waals surface area contributed by atoms with Crippen molar-refractivity contribution in [3.05, 3.63) is 28.3 Å². The molecule has 1 fully saturated rings. The Morgan fingerprint density at radius 1 is 1.57 bits per heavy atom. The van der Waals surface area contributed by atoms with Crippen molar-refractivity contribution in [2.45, 2.75) is 32.2 Å². The predicted octanol–water partition coefficient (Wildman–Crippen LogP) is 2.02. The number of nitro groups is 1. The van der Waals surface area contributed by atoms with Gasteiger partial charge in [0.2, 0.25) is 5.91 Å². The van der Waals surface area contributed by atoms with Gasteiger partial charge in [0.05, 0.1) is 17.0 Å². The Hall–Kier alpha value is -2.15. The fourth-order valence-corrected chi connectivity index (χ4v) is 2.56. The first-order valence-electron chi connectivity index (χ1n) is 7.03. The highest BCUT2D eigenvalue weighted by molar-refractivity contribution is 5.96. The second-order valence-corrected chi connectivity index (χ2v) is 5.25. The van der Waals surface area contributed by atoms with Crippen LogP contribution in [0.25, 0.3) is 0 Å². The zero-order valence-electron chi connectivity index (χ0n) is 11.8. The summed E-state index contributed by atoms with van der Waals surface area (Å²) >= 11 is 0. The lowest BCUT2D eigenvalue weighted by Crippen LogP contribution is -2.46. The van der Waals surface area contributed by atoms with Crippen LogP contribution in [0.5, 0.6) is 5.75 Å². The average molecular weight is 293 g/mol. The first-order chi connectivity index (χ1) is 10.0. The second-order valence-electron chi connectivity index (χ2n) is 5.25. The van der Waals surface area contributed by atoms with E-state index in [4.69, 9.17) is 0 Å². The summed E-state index contributed by atoms with van der Waals surface area (Å²) in [6, 6.07) is 3.34. The number of benzene rings is 1. The number of amides is 1. The predicted molar refractivity (Wildman–Crippen MR) is 78.2 cm³/mol. The molecule has 114 valence electrons. The van der Waals surface area contributed by atoms with Crippen LogP contribution in [0.4, 0.5) is 11.4 Å². The van der Waals surface area contributed by atoms with Gasteiger partial charge in [-0.2, -0.15) is 0 Å². The van der Waals surface area contributed by atoms with E-state index in [9.17, 15) is 20.0 Å². The number of hydrogen-bond acceptors (Lipinski definition) is 5. The van der Waals surface area contributed by atoms with E-state index in [-0.39, 0.29) is 29.1 Å². The largest absolute Gasteiger partial charge is 0.508 e. The summed E-state index contributed by atoms with van der Waals surface area (Å²) in [6.45, 7) is 2.87. The standard InChI is InChI=1S/C14H19N3O4/c1-2-9-5-6-15-12(7-9)14(19)16-11-4-3-10(18)8-13(11)17(20)21/h3-4,8-9,12,15,18H,2,5-7H2,1H3,(H,16,19). The maximum absolute atomic E-state index is 12.2. The zero-order valence-corrected chi connectivity index (χ0v) is 11.8. The van der Waals surface area contributed by atoms with Crippen LogP contribution in [0.3, 0.4) is 0 Å². The van der Waals surface area contributed by atoms with E-state index < -0.39 is 4.92 Å². The number of anilines is 1. The first-order valence-corrected chi connectivity index (χ1v) is 7.03. The second kappa shape index (κ2) is 6.53. The molecule has 1 aliphatic heterocycles. The van der Waals surface area contributed by atoms with Crippen molar-refractivity contribution >= 4 is 17.3 Å². The Kier molecular flexibility index (Phi) is 4.74. The van der Waals surface area contributed by atoms with Crippen LogP contribution in [0.2, 0.25) is 0 Å². The molecule has 3 N–H and O–H groups in total. The van der Waals surface area contributed by atoms with Crippen LogP contribution in [-0.2, 0) is 4.79 Å². The monoisotopic (exact) mass is 293 g/mol. The number of aromatic hydroxyl groups is 1. The molecule has 2 atom stereocenters. The number of nitrogens with one attached hydrogen (secondary N) is 2. The fourth-order valence-electron chi connectivity index (χ4n) is 2.56. The van der Waals surface area contributed by atoms with Gasteiger partial charge in [0.15, 0.2) is 0 Å². The average Bonchev–Trinajstić information content (AvgIpc) is 2.48. The third kappa shape index (κ3) is 3.69. The molecular weight excluding hydrogens is 274 g/mol. The lowest BCUT2D eigenvalue weighted by molar-refractivity contribution is -0.384. The fraction of sp³-hybridized carbons (Fsp3) is 0.500. The molecule has 2 unspecified atom stereocenters. The van der Waals surface area contributed by atoms with Gasteiger partial charge in [-0.15, -0.1) is 0 Å². The highest BCUT2D eigenvalue weighted by Gasteiger charge is 2.27. The van der Waals surface area contributed by atoms with Crippen LogP contribution in [0.15, 0.2) is 18.2 Å². The maximum Gasteiger partial charge on any atom is 0.296 e. The molecule has 7 nitrogen and oxygen atoms in total. The van der Waals surface area contributed by atoms with Gasteiger partial charge < -0.3 is 15.7 Å². The number of piperidine rings is 1. The summed E-state index contributed by atoms with van der Waals surface area (Å²) in [5.41, 5.74) is -0.213. The molecule has 7 heteroatoms. The van der Waals surface area contributed by atoms with E-state index in [0.717, 1.165) is 31.9 Å². The third-order valence-electron chi connectivity index (χ3n) is 3.84. The number of carbonyl (C=O) groups is 1. The van der Waals surface area contributed by atoms with Gasteiger partial charge in [0.25, 0.3) is 5.69 Å². The Bertz CT molecular complexity index is 547. The van der Waals surface area contributed by atoms with Crippen molar-refractivity contribution in [1.29, 1.82) is 0 Å². The molecule has 0 aliphatic carbocycles. The summed E-state index contributed by atoms with van der Waals surface area (Å²) in [5.74, 6) is 0.0141. The van der Waals surface area contributed by atoms with Crippen LogP contribution in [-0.4, -0.2) is 28.5 Å². The van der Waals surface area contributed by atoms with Crippen molar-refractivity contribution < 1.29 is 14.8 Å². The molecule has 1 aliphatic rings.